The fourth-order valence-electron chi connectivity index (χ4n) is 2.64. The maximum Gasteiger partial charge on any atom is 0.0756 e. The number of aliphatic hydroxyl groups is 1. The summed E-state index contributed by atoms with van der Waals surface area (Å²) in [5.74, 6) is 1.36. The van der Waals surface area contributed by atoms with Gasteiger partial charge in [0.1, 0.15) is 0 Å². The summed E-state index contributed by atoms with van der Waals surface area (Å²) in [5.41, 5.74) is 1.55. The van der Waals surface area contributed by atoms with E-state index >= 15 is 0 Å². The van der Waals surface area contributed by atoms with E-state index in [-0.39, 0.29) is 6.10 Å². The summed E-state index contributed by atoms with van der Waals surface area (Å²) in [6, 6.07) is 0. The van der Waals surface area contributed by atoms with Gasteiger partial charge in [-0.05, 0) is 35.7 Å². The molecule has 0 aromatic heterocycles. The molecule has 1 heteroatoms. The molecule has 2 aliphatic carbocycles. The summed E-state index contributed by atoms with van der Waals surface area (Å²) in [4.78, 5) is 0. The monoisotopic (exact) mass is 152 g/mol. The second-order valence-corrected chi connectivity index (χ2v) is 4.44. The molecule has 62 valence electrons. The van der Waals surface area contributed by atoms with Crippen LogP contribution in [0.3, 0.4) is 0 Å². The SMILES string of the molecule is C=C1C(O)C[C@]2(C(C)C)CC12. The molecular formula is C10H16O. The highest BCUT2D eigenvalue weighted by molar-refractivity contribution is 5.30. The minimum Gasteiger partial charge on any atom is -0.389 e. The maximum atomic E-state index is 9.51. The summed E-state index contributed by atoms with van der Waals surface area (Å²) in [6.07, 6.45) is 2.05. The van der Waals surface area contributed by atoms with Gasteiger partial charge in [0.25, 0.3) is 0 Å². The first kappa shape index (κ1) is 7.35. The Morgan fingerprint density at radius 2 is 2.18 bits per heavy atom. The van der Waals surface area contributed by atoms with Crippen LogP contribution < -0.4 is 0 Å². The summed E-state index contributed by atoms with van der Waals surface area (Å²) in [5, 5.41) is 9.51. The lowest BCUT2D eigenvalue weighted by atomic mass is 9.89. The molecule has 0 heterocycles. The molecule has 0 spiro atoms. The number of hydrogen-bond donors (Lipinski definition) is 1. The lowest BCUT2D eigenvalue weighted by Gasteiger charge is -2.16. The zero-order chi connectivity index (χ0) is 8.22. The van der Waals surface area contributed by atoms with Crippen LogP contribution in [0, 0.1) is 17.3 Å². The Kier molecular flexibility index (Phi) is 1.26. The van der Waals surface area contributed by atoms with Gasteiger partial charge in [-0.25, -0.2) is 0 Å². The van der Waals surface area contributed by atoms with Gasteiger partial charge in [0.05, 0.1) is 6.10 Å². The average molecular weight is 152 g/mol. The number of aliphatic hydroxyl groups excluding tert-OH is 1. The molecule has 0 amide bonds. The predicted molar refractivity (Wildman–Crippen MR) is 45.1 cm³/mol. The van der Waals surface area contributed by atoms with E-state index in [4.69, 9.17) is 0 Å². The molecular weight excluding hydrogens is 136 g/mol. The first-order chi connectivity index (χ1) is 5.08. The Bertz CT molecular complexity index is 207. The van der Waals surface area contributed by atoms with Crippen LogP contribution in [0.1, 0.15) is 26.7 Å². The third-order valence-electron chi connectivity index (χ3n) is 3.72. The number of rotatable bonds is 1. The Labute approximate surface area is 68.1 Å². The third-order valence-corrected chi connectivity index (χ3v) is 3.72. The zero-order valence-corrected chi connectivity index (χ0v) is 7.30. The second kappa shape index (κ2) is 1.89. The lowest BCUT2D eigenvalue weighted by molar-refractivity contribution is 0.176. The Hall–Kier alpha value is -0.300. The molecule has 0 aromatic rings. The molecule has 1 nitrogen and oxygen atoms in total. The van der Waals surface area contributed by atoms with E-state index in [1.807, 2.05) is 0 Å². The van der Waals surface area contributed by atoms with Crippen LogP contribution in [0.25, 0.3) is 0 Å². The van der Waals surface area contributed by atoms with E-state index in [0.717, 1.165) is 12.0 Å². The van der Waals surface area contributed by atoms with E-state index in [2.05, 4.69) is 20.4 Å². The summed E-state index contributed by atoms with van der Waals surface area (Å²) in [6.45, 7) is 8.45. The molecule has 0 aliphatic heterocycles. The van der Waals surface area contributed by atoms with Crippen LogP contribution in [-0.2, 0) is 0 Å². The standard InChI is InChI=1S/C10H16O/c1-6(2)10-4-8(10)7(3)9(11)5-10/h6,8-9,11H,3-5H2,1-2H3/t8?,9?,10-/m0/s1. The van der Waals surface area contributed by atoms with E-state index in [1.165, 1.54) is 6.42 Å². The molecule has 0 saturated heterocycles. The van der Waals surface area contributed by atoms with E-state index in [0.29, 0.717) is 17.3 Å². The van der Waals surface area contributed by atoms with E-state index < -0.39 is 0 Å². The van der Waals surface area contributed by atoms with Crippen LogP contribution in [0.15, 0.2) is 12.2 Å². The van der Waals surface area contributed by atoms with Crippen molar-refractivity contribution in [2.45, 2.75) is 32.8 Å². The zero-order valence-electron chi connectivity index (χ0n) is 7.30. The van der Waals surface area contributed by atoms with Crippen LogP contribution in [0.5, 0.6) is 0 Å². The van der Waals surface area contributed by atoms with Crippen molar-refractivity contribution in [3.8, 4) is 0 Å². The molecule has 2 fully saturated rings. The largest absolute Gasteiger partial charge is 0.389 e. The third kappa shape index (κ3) is 0.750. The molecule has 3 atom stereocenters. The first-order valence-corrected chi connectivity index (χ1v) is 4.44. The topological polar surface area (TPSA) is 20.2 Å². The van der Waals surface area contributed by atoms with Crippen molar-refractivity contribution in [2.75, 3.05) is 0 Å². The molecule has 0 aromatic carbocycles. The molecule has 11 heavy (non-hydrogen) atoms. The first-order valence-electron chi connectivity index (χ1n) is 4.44. The normalized spacial score (nSPS) is 48.2. The Morgan fingerprint density at radius 1 is 1.55 bits per heavy atom. The Balaban J connectivity index is 2.20. The minimum absolute atomic E-state index is 0.198. The summed E-state index contributed by atoms with van der Waals surface area (Å²) in [7, 11) is 0. The second-order valence-electron chi connectivity index (χ2n) is 4.44. The molecule has 2 aliphatic rings. The number of hydrogen-bond acceptors (Lipinski definition) is 1. The van der Waals surface area contributed by atoms with Gasteiger partial charge in [-0.3, -0.25) is 0 Å². The van der Waals surface area contributed by atoms with E-state index in [1.54, 1.807) is 0 Å². The van der Waals surface area contributed by atoms with Crippen molar-refractivity contribution in [1.82, 2.24) is 0 Å². The highest BCUT2D eigenvalue weighted by Crippen LogP contribution is 2.69. The number of fused-ring (bicyclic) bond motifs is 1. The van der Waals surface area contributed by atoms with Crippen LogP contribution in [0.4, 0.5) is 0 Å². The Morgan fingerprint density at radius 3 is 2.45 bits per heavy atom. The van der Waals surface area contributed by atoms with Crippen molar-refractivity contribution >= 4 is 0 Å². The fourth-order valence-corrected chi connectivity index (χ4v) is 2.64. The molecule has 0 radical (unpaired) electrons. The van der Waals surface area contributed by atoms with Gasteiger partial charge < -0.3 is 5.11 Å². The van der Waals surface area contributed by atoms with Gasteiger partial charge in [0, 0.05) is 0 Å². The van der Waals surface area contributed by atoms with Crippen molar-refractivity contribution in [1.29, 1.82) is 0 Å². The maximum absolute atomic E-state index is 9.51. The molecule has 2 rings (SSSR count). The van der Waals surface area contributed by atoms with Crippen LogP contribution in [-0.4, -0.2) is 11.2 Å². The van der Waals surface area contributed by atoms with Gasteiger partial charge >= 0.3 is 0 Å². The van der Waals surface area contributed by atoms with Gasteiger partial charge in [-0.1, -0.05) is 20.4 Å². The molecule has 1 N–H and O–H groups in total. The smallest absolute Gasteiger partial charge is 0.0756 e. The predicted octanol–water partition coefficient (Wildman–Crippen LogP) is 1.97. The van der Waals surface area contributed by atoms with Crippen LogP contribution in [0.2, 0.25) is 0 Å². The van der Waals surface area contributed by atoms with Crippen LogP contribution >= 0.6 is 0 Å². The van der Waals surface area contributed by atoms with E-state index in [9.17, 15) is 5.11 Å². The van der Waals surface area contributed by atoms with Crippen molar-refractivity contribution in [2.24, 2.45) is 17.3 Å². The van der Waals surface area contributed by atoms with Crippen molar-refractivity contribution in [3.63, 3.8) is 0 Å². The van der Waals surface area contributed by atoms with Gasteiger partial charge in [-0.15, -0.1) is 0 Å². The fraction of sp³-hybridized carbons (Fsp3) is 0.800. The van der Waals surface area contributed by atoms with Gasteiger partial charge in [0.15, 0.2) is 0 Å². The molecule has 0 bridgehead atoms. The minimum atomic E-state index is -0.198. The van der Waals surface area contributed by atoms with Gasteiger partial charge in [0.2, 0.25) is 0 Å². The van der Waals surface area contributed by atoms with Crippen molar-refractivity contribution < 1.29 is 5.11 Å². The lowest BCUT2D eigenvalue weighted by Crippen LogP contribution is -2.12. The van der Waals surface area contributed by atoms with Crippen molar-refractivity contribution in [3.05, 3.63) is 12.2 Å². The summed E-state index contributed by atoms with van der Waals surface area (Å²) < 4.78 is 0. The molecule has 2 saturated carbocycles. The average Bonchev–Trinajstić information content (AvgIpc) is 2.57. The molecule has 2 unspecified atom stereocenters. The summed E-state index contributed by atoms with van der Waals surface area (Å²) >= 11 is 0. The van der Waals surface area contributed by atoms with Gasteiger partial charge in [-0.2, -0.15) is 0 Å². The quantitative estimate of drug-likeness (QED) is 0.569. The highest BCUT2D eigenvalue weighted by Gasteiger charge is 2.63. The highest BCUT2D eigenvalue weighted by atomic mass is 16.3.